The highest BCUT2D eigenvalue weighted by molar-refractivity contribution is 5.45. The summed E-state index contributed by atoms with van der Waals surface area (Å²) in [6.07, 6.45) is 0. The Morgan fingerprint density at radius 2 is 0.923 bits per heavy atom. The van der Waals surface area contributed by atoms with Crippen LogP contribution < -0.4 is 0 Å². The highest BCUT2D eigenvalue weighted by Crippen LogP contribution is 2.34. The Bertz CT molecular complexity index is 856. The molecule has 0 aliphatic carbocycles. The summed E-state index contributed by atoms with van der Waals surface area (Å²) in [5, 5.41) is 40.8. The quantitative estimate of drug-likeness (QED) is 0.576. The first kappa shape index (κ1) is 17.8. The number of aromatic nitrogens is 2. The van der Waals surface area contributed by atoms with E-state index in [1.807, 2.05) is 24.3 Å². The lowest BCUT2D eigenvalue weighted by atomic mass is 10.1. The first-order valence-electron chi connectivity index (χ1n) is 8.45. The Morgan fingerprint density at radius 3 is 1.23 bits per heavy atom. The number of hydrogen-bond acceptors (Lipinski definition) is 4. The van der Waals surface area contributed by atoms with Crippen LogP contribution in [0.3, 0.4) is 0 Å². The second kappa shape index (κ2) is 6.37. The van der Waals surface area contributed by atoms with E-state index in [-0.39, 0.29) is 23.5 Å². The van der Waals surface area contributed by atoms with Gasteiger partial charge in [-0.1, -0.05) is 24.3 Å². The third-order valence-corrected chi connectivity index (χ3v) is 5.16. The molecule has 0 aliphatic heterocycles. The van der Waals surface area contributed by atoms with Crippen LogP contribution in [0.15, 0.2) is 24.3 Å². The lowest BCUT2D eigenvalue weighted by molar-refractivity contribution is 0.374. The number of rotatable bonds is 4. The molecule has 0 unspecified atom stereocenters. The van der Waals surface area contributed by atoms with E-state index >= 15 is 0 Å². The molecule has 2 aromatic heterocycles. The molecule has 0 bridgehead atoms. The van der Waals surface area contributed by atoms with Gasteiger partial charge in [0.2, 0.25) is 0 Å². The van der Waals surface area contributed by atoms with Gasteiger partial charge in [-0.3, -0.25) is 9.13 Å². The molecule has 138 valence electrons. The predicted octanol–water partition coefficient (Wildman–Crippen LogP) is 3.44. The van der Waals surface area contributed by atoms with Crippen molar-refractivity contribution in [2.75, 3.05) is 0 Å². The topological polar surface area (TPSA) is 90.8 Å². The van der Waals surface area contributed by atoms with Gasteiger partial charge in [0.15, 0.2) is 23.5 Å². The second-order valence-electron chi connectivity index (χ2n) is 6.79. The van der Waals surface area contributed by atoms with Crippen molar-refractivity contribution in [1.29, 1.82) is 0 Å². The van der Waals surface area contributed by atoms with Gasteiger partial charge >= 0.3 is 0 Å². The van der Waals surface area contributed by atoms with Gasteiger partial charge in [-0.15, -0.1) is 0 Å². The van der Waals surface area contributed by atoms with Crippen LogP contribution in [-0.4, -0.2) is 29.6 Å². The molecule has 3 aromatic rings. The molecule has 4 N–H and O–H groups in total. The molecular formula is C20H24N2O4. The fourth-order valence-electron chi connectivity index (χ4n) is 3.17. The van der Waals surface area contributed by atoms with Crippen molar-refractivity contribution in [2.24, 2.45) is 0 Å². The molecule has 6 heteroatoms. The van der Waals surface area contributed by atoms with Gasteiger partial charge in [0.25, 0.3) is 0 Å². The van der Waals surface area contributed by atoms with E-state index in [0.29, 0.717) is 35.3 Å². The summed E-state index contributed by atoms with van der Waals surface area (Å²) in [6.45, 7) is 7.70. The van der Waals surface area contributed by atoms with E-state index in [1.54, 1.807) is 27.7 Å². The van der Waals surface area contributed by atoms with Gasteiger partial charge < -0.3 is 20.4 Å². The van der Waals surface area contributed by atoms with Crippen LogP contribution in [0.2, 0.25) is 0 Å². The molecule has 0 saturated carbocycles. The van der Waals surface area contributed by atoms with E-state index in [0.717, 1.165) is 11.1 Å². The van der Waals surface area contributed by atoms with Crippen molar-refractivity contribution < 1.29 is 20.4 Å². The van der Waals surface area contributed by atoms with E-state index < -0.39 is 0 Å². The number of hydrogen-bond donors (Lipinski definition) is 4. The smallest absolute Gasteiger partial charge is 0.197 e. The van der Waals surface area contributed by atoms with Crippen LogP contribution in [-0.2, 0) is 13.1 Å². The minimum Gasteiger partial charge on any atom is -0.494 e. The molecular weight excluding hydrogens is 332 g/mol. The standard InChI is InChI=1S/C20H24N2O4/c1-11-12(2)18(24)21(17(11)23)9-15-6-5-7-16(8-15)10-22-19(25)13(3)14(4)20(22)26/h5-8,23-26H,9-10H2,1-4H3. The Balaban J connectivity index is 1.91. The second-order valence-corrected chi connectivity index (χ2v) is 6.79. The van der Waals surface area contributed by atoms with E-state index in [1.165, 1.54) is 9.13 Å². The number of aromatic hydroxyl groups is 4. The van der Waals surface area contributed by atoms with Crippen LogP contribution >= 0.6 is 0 Å². The zero-order valence-electron chi connectivity index (χ0n) is 15.4. The van der Waals surface area contributed by atoms with Gasteiger partial charge in [-0.25, -0.2) is 0 Å². The Labute approximate surface area is 152 Å². The molecule has 26 heavy (non-hydrogen) atoms. The fraction of sp³-hybridized carbons (Fsp3) is 0.300. The van der Waals surface area contributed by atoms with Crippen molar-refractivity contribution in [2.45, 2.75) is 40.8 Å². The van der Waals surface area contributed by atoms with Crippen molar-refractivity contribution in [1.82, 2.24) is 9.13 Å². The summed E-state index contributed by atoms with van der Waals surface area (Å²) in [4.78, 5) is 0. The van der Waals surface area contributed by atoms with Gasteiger partial charge in [-0.05, 0) is 38.8 Å². The maximum atomic E-state index is 10.2. The van der Waals surface area contributed by atoms with Crippen molar-refractivity contribution in [3.63, 3.8) is 0 Å². The Hall–Kier alpha value is -3.02. The lowest BCUT2D eigenvalue weighted by Crippen LogP contribution is -2.02. The Morgan fingerprint density at radius 1 is 0.615 bits per heavy atom. The van der Waals surface area contributed by atoms with Crippen molar-refractivity contribution >= 4 is 0 Å². The normalized spacial score (nSPS) is 11.2. The number of benzene rings is 1. The zero-order chi connectivity index (χ0) is 19.2. The average Bonchev–Trinajstić information content (AvgIpc) is 2.92. The summed E-state index contributed by atoms with van der Waals surface area (Å²) in [5.41, 5.74) is 4.42. The molecule has 0 saturated heterocycles. The van der Waals surface area contributed by atoms with E-state index in [4.69, 9.17) is 0 Å². The van der Waals surface area contributed by atoms with E-state index in [2.05, 4.69) is 0 Å². The molecule has 3 rings (SSSR count). The molecule has 0 aliphatic rings. The minimum absolute atomic E-state index is 0.0531. The predicted molar refractivity (Wildman–Crippen MR) is 99.1 cm³/mol. The van der Waals surface area contributed by atoms with Crippen LogP contribution in [0.5, 0.6) is 23.5 Å². The van der Waals surface area contributed by atoms with Gasteiger partial charge in [0.05, 0.1) is 13.1 Å². The number of nitrogens with zero attached hydrogens (tertiary/aromatic N) is 2. The molecule has 0 amide bonds. The van der Waals surface area contributed by atoms with Crippen molar-refractivity contribution in [3.05, 3.63) is 57.6 Å². The summed E-state index contributed by atoms with van der Waals surface area (Å²) in [7, 11) is 0. The first-order chi connectivity index (χ1) is 12.2. The third kappa shape index (κ3) is 2.77. The van der Waals surface area contributed by atoms with Gasteiger partial charge in [0, 0.05) is 22.3 Å². The molecule has 0 spiro atoms. The molecule has 0 fully saturated rings. The summed E-state index contributed by atoms with van der Waals surface area (Å²) < 4.78 is 2.92. The molecule has 1 aromatic carbocycles. The first-order valence-corrected chi connectivity index (χ1v) is 8.45. The van der Waals surface area contributed by atoms with Crippen LogP contribution in [0.4, 0.5) is 0 Å². The van der Waals surface area contributed by atoms with Gasteiger partial charge in [0.1, 0.15) is 0 Å². The largest absolute Gasteiger partial charge is 0.494 e. The molecule has 2 heterocycles. The van der Waals surface area contributed by atoms with Crippen molar-refractivity contribution in [3.8, 4) is 23.5 Å². The summed E-state index contributed by atoms with van der Waals surface area (Å²) in [6, 6.07) is 7.60. The van der Waals surface area contributed by atoms with Crippen LogP contribution in [0, 0.1) is 27.7 Å². The highest BCUT2D eigenvalue weighted by Gasteiger charge is 2.18. The van der Waals surface area contributed by atoms with Gasteiger partial charge in [-0.2, -0.15) is 0 Å². The summed E-state index contributed by atoms with van der Waals surface area (Å²) in [5.74, 6) is 0.212. The third-order valence-electron chi connectivity index (χ3n) is 5.16. The fourth-order valence-corrected chi connectivity index (χ4v) is 3.17. The lowest BCUT2D eigenvalue weighted by Gasteiger charge is -2.11. The SMILES string of the molecule is Cc1c(C)c(O)n(Cc2cccc(Cn3c(O)c(C)c(C)c3O)c2)c1O. The Kier molecular flexibility index (Phi) is 4.36. The maximum Gasteiger partial charge on any atom is 0.197 e. The van der Waals surface area contributed by atoms with Crippen LogP contribution in [0.1, 0.15) is 33.4 Å². The molecule has 0 radical (unpaired) electrons. The highest BCUT2D eigenvalue weighted by atomic mass is 16.3. The maximum absolute atomic E-state index is 10.2. The zero-order valence-corrected chi connectivity index (χ0v) is 15.4. The summed E-state index contributed by atoms with van der Waals surface area (Å²) >= 11 is 0. The van der Waals surface area contributed by atoms with Crippen LogP contribution in [0.25, 0.3) is 0 Å². The molecule has 0 atom stereocenters. The average molecular weight is 356 g/mol. The van der Waals surface area contributed by atoms with E-state index in [9.17, 15) is 20.4 Å². The minimum atomic E-state index is 0.0531. The monoisotopic (exact) mass is 356 g/mol. The molecule has 6 nitrogen and oxygen atoms in total.